The molecular weight excluding hydrogens is 627 g/mol. The monoisotopic (exact) mass is 670 g/mol. The Balaban J connectivity index is 1.75. The first-order valence-corrected chi connectivity index (χ1v) is 18.2. The Morgan fingerprint density at radius 2 is 1.42 bits per heavy atom. The second kappa shape index (κ2) is 14.5. The molecule has 1 heterocycles. The summed E-state index contributed by atoms with van der Waals surface area (Å²) in [6, 6.07) is 27.6. The Bertz CT molecular complexity index is 1720. The van der Waals surface area contributed by atoms with Crippen LogP contribution in [0.4, 0.5) is 14.5 Å². The van der Waals surface area contributed by atoms with Gasteiger partial charge in [-0.15, -0.1) is 0 Å². The topological polar surface area (TPSA) is 60.4 Å². The fourth-order valence-corrected chi connectivity index (χ4v) is 11.1. The number of halogens is 2. The van der Waals surface area contributed by atoms with E-state index in [0.717, 1.165) is 10.4 Å². The molecule has 0 aliphatic carbocycles. The minimum atomic E-state index is -3.07. The molecule has 9 heteroatoms. The largest absolute Gasteiger partial charge is 0.403 e. The third kappa shape index (κ3) is 7.13. The van der Waals surface area contributed by atoms with E-state index in [9.17, 15) is 4.79 Å². The maximum absolute atomic E-state index is 17.2. The van der Waals surface area contributed by atoms with Crippen molar-refractivity contribution in [2.75, 3.05) is 18.0 Å². The summed E-state index contributed by atoms with van der Waals surface area (Å²) < 4.78 is 45.5. The molecular formula is C39H44F2N2O4Si. The summed E-state index contributed by atoms with van der Waals surface area (Å²) in [5.74, 6) is -2.55. The molecule has 252 valence electrons. The highest BCUT2D eigenvalue weighted by atomic mass is 28.4. The van der Waals surface area contributed by atoms with Crippen LogP contribution in [0.5, 0.6) is 5.75 Å². The second-order valence-corrected chi connectivity index (χ2v) is 17.9. The highest BCUT2D eigenvalue weighted by Crippen LogP contribution is 2.41. The average molecular weight is 671 g/mol. The highest BCUT2D eigenvalue weighted by Gasteiger charge is 2.50. The molecule has 4 aromatic carbocycles. The maximum atomic E-state index is 17.2. The van der Waals surface area contributed by atoms with Crippen molar-refractivity contribution in [1.82, 2.24) is 0 Å². The number of rotatable bonds is 10. The van der Waals surface area contributed by atoms with Crippen LogP contribution in [0.2, 0.25) is 5.04 Å². The molecule has 0 bridgehead atoms. The van der Waals surface area contributed by atoms with Crippen LogP contribution in [0.3, 0.4) is 0 Å². The first-order valence-electron chi connectivity index (χ1n) is 16.3. The number of benzene rings is 4. The summed E-state index contributed by atoms with van der Waals surface area (Å²) in [6.07, 6.45) is -0.364. The number of oxime groups is 1. The van der Waals surface area contributed by atoms with Gasteiger partial charge in [-0.2, -0.15) is 0 Å². The molecule has 2 atom stereocenters. The van der Waals surface area contributed by atoms with Crippen molar-refractivity contribution in [3.05, 3.63) is 119 Å². The molecule has 5 rings (SSSR count). The summed E-state index contributed by atoms with van der Waals surface area (Å²) >= 11 is 0. The predicted molar refractivity (Wildman–Crippen MR) is 190 cm³/mol. The Hall–Kier alpha value is -4.18. The molecule has 6 nitrogen and oxygen atoms in total. The van der Waals surface area contributed by atoms with Gasteiger partial charge < -0.3 is 18.9 Å². The van der Waals surface area contributed by atoms with Gasteiger partial charge in [0.2, 0.25) is 5.75 Å². The van der Waals surface area contributed by atoms with Gasteiger partial charge in [0.15, 0.2) is 11.6 Å². The van der Waals surface area contributed by atoms with Gasteiger partial charge in [-0.05, 0) is 61.3 Å². The number of hydrogen-bond donors (Lipinski definition) is 0. The zero-order valence-corrected chi connectivity index (χ0v) is 29.7. The lowest BCUT2D eigenvalue weighted by Gasteiger charge is -2.43. The molecule has 0 amide bonds. The molecule has 0 aromatic heterocycles. The third-order valence-corrected chi connectivity index (χ3v) is 13.5. The molecule has 0 radical (unpaired) electrons. The highest BCUT2D eigenvalue weighted by molar-refractivity contribution is 6.99. The minimum absolute atomic E-state index is 0.0203. The maximum Gasteiger partial charge on any atom is 0.261 e. The van der Waals surface area contributed by atoms with E-state index < -0.39 is 25.7 Å². The first-order chi connectivity index (χ1) is 22.8. The normalized spacial score (nSPS) is 16.8. The van der Waals surface area contributed by atoms with E-state index in [0.29, 0.717) is 24.4 Å². The summed E-state index contributed by atoms with van der Waals surface area (Å²) in [7, 11) is -3.07. The van der Waals surface area contributed by atoms with Gasteiger partial charge >= 0.3 is 0 Å². The van der Waals surface area contributed by atoms with E-state index in [1.165, 1.54) is 18.2 Å². The van der Waals surface area contributed by atoms with Gasteiger partial charge in [-0.25, -0.2) is 8.78 Å². The molecule has 0 spiro atoms. The molecule has 0 saturated carbocycles. The van der Waals surface area contributed by atoms with Gasteiger partial charge in [0.05, 0.1) is 41.3 Å². The van der Waals surface area contributed by atoms with Crippen molar-refractivity contribution in [2.45, 2.75) is 72.3 Å². The van der Waals surface area contributed by atoms with Crippen molar-refractivity contribution in [3.8, 4) is 5.75 Å². The lowest BCUT2D eigenvalue weighted by Crippen LogP contribution is -2.66. The van der Waals surface area contributed by atoms with E-state index in [4.69, 9.17) is 14.0 Å². The van der Waals surface area contributed by atoms with E-state index in [-0.39, 0.29) is 46.4 Å². The molecule has 1 aliphatic rings. The Morgan fingerprint density at radius 3 is 1.94 bits per heavy atom. The van der Waals surface area contributed by atoms with Crippen LogP contribution in [-0.4, -0.2) is 45.1 Å². The average Bonchev–Trinajstić information content (AvgIpc) is 3.04. The number of hydrogen-bond acceptors (Lipinski definition) is 6. The van der Waals surface area contributed by atoms with Gasteiger partial charge in [0.1, 0.15) is 5.82 Å². The summed E-state index contributed by atoms with van der Waals surface area (Å²) in [5.41, 5.74) is 0.888. The molecule has 48 heavy (non-hydrogen) atoms. The van der Waals surface area contributed by atoms with Crippen molar-refractivity contribution >= 4 is 35.9 Å². The smallest absolute Gasteiger partial charge is 0.261 e. The number of carbonyl (C=O) groups excluding carboxylic acids is 1. The van der Waals surface area contributed by atoms with Crippen molar-refractivity contribution in [3.63, 3.8) is 0 Å². The first kappa shape index (κ1) is 35.1. The summed E-state index contributed by atoms with van der Waals surface area (Å²) in [4.78, 5) is 21.6. The lowest BCUT2D eigenvalue weighted by molar-refractivity contribution is -0.00552. The third-order valence-electron chi connectivity index (χ3n) is 8.55. The Kier molecular flexibility index (Phi) is 10.6. The molecule has 0 N–H and O–H groups in total. The zero-order chi connectivity index (χ0) is 34.6. The number of morpholine rings is 1. The molecule has 1 aliphatic heterocycles. The van der Waals surface area contributed by atoms with E-state index in [1.807, 2.05) is 55.1 Å². The Labute approximate surface area is 283 Å². The zero-order valence-electron chi connectivity index (χ0n) is 28.7. The quantitative estimate of drug-likeness (QED) is 0.0751. The van der Waals surface area contributed by atoms with Crippen molar-refractivity contribution in [2.24, 2.45) is 5.16 Å². The summed E-state index contributed by atoms with van der Waals surface area (Å²) in [6.45, 7) is 14.6. The number of carbonyl (C=O) groups is 1. The van der Waals surface area contributed by atoms with Crippen molar-refractivity contribution in [1.29, 1.82) is 0 Å². The van der Waals surface area contributed by atoms with E-state index in [1.54, 1.807) is 26.0 Å². The van der Waals surface area contributed by atoms with E-state index in [2.05, 4.69) is 50.2 Å². The predicted octanol–water partition coefficient (Wildman–Crippen LogP) is 7.66. The number of nitrogens with zero attached hydrogens (tertiary/aromatic N) is 2. The van der Waals surface area contributed by atoms with Crippen LogP contribution in [0.15, 0.2) is 96.2 Å². The Morgan fingerprint density at radius 1 is 0.875 bits per heavy atom. The standard InChI is InChI=1S/C39H44F2N2O4Si/c1-26(2)42-47-38-33(37(44)32-20-14-15-21-34(32)40)22-29(36(35(38)41)43-23-27(3)46-28(4)24-43)25-45-48(39(5,6)7,30-16-10-8-11-17-30)31-18-12-9-13-19-31/h8-22,27-28H,23-25H2,1-7H3/t27-,28+. The van der Waals surface area contributed by atoms with Crippen LogP contribution in [-0.2, 0) is 15.8 Å². The van der Waals surface area contributed by atoms with Crippen molar-refractivity contribution < 1.29 is 27.6 Å². The molecule has 1 fully saturated rings. The van der Waals surface area contributed by atoms with E-state index >= 15 is 8.78 Å². The molecule has 4 aromatic rings. The van der Waals surface area contributed by atoms with Gasteiger partial charge in [0.25, 0.3) is 8.32 Å². The van der Waals surface area contributed by atoms with Gasteiger partial charge in [-0.1, -0.05) is 98.7 Å². The molecule has 1 saturated heterocycles. The lowest BCUT2D eigenvalue weighted by atomic mass is 9.97. The van der Waals surface area contributed by atoms with Crippen LogP contribution >= 0.6 is 0 Å². The fraction of sp³-hybridized carbons (Fsp3) is 0.333. The number of ketones is 1. The second-order valence-electron chi connectivity index (χ2n) is 13.6. The fourth-order valence-electron chi connectivity index (χ4n) is 6.62. The van der Waals surface area contributed by atoms with Crippen LogP contribution in [0, 0.1) is 11.6 Å². The number of ether oxygens (including phenoxy) is 1. The SMILES string of the molecule is CC(C)=NOc1c(C(=O)c2ccccc2F)cc(CO[Si](c2ccccc2)(c2ccccc2)C(C)(C)C)c(N2C[C@@H](C)O[C@@H](C)C2)c1F. The number of anilines is 1. The van der Waals surface area contributed by atoms with Crippen LogP contribution < -0.4 is 20.1 Å². The molecule has 0 unspecified atom stereocenters. The summed E-state index contributed by atoms with van der Waals surface area (Å²) in [5, 5.41) is 5.80. The van der Waals surface area contributed by atoms with Crippen LogP contribution in [0.25, 0.3) is 0 Å². The van der Waals surface area contributed by atoms with Crippen LogP contribution in [0.1, 0.15) is 70.0 Å². The minimum Gasteiger partial charge on any atom is -0.403 e. The van der Waals surface area contributed by atoms with Gasteiger partial charge in [0, 0.05) is 18.7 Å². The van der Waals surface area contributed by atoms with Gasteiger partial charge in [-0.3, -0.25) is 4.79 Å².